The van der Waals surface area contributed by atoms with E-state index in [1.807, 2.05) is 36.4 Å². The monoisotopic (exact) mass is 316 g/mol. The van der Waals surface area contributed by atoms with E-state index in [0.29, 0.717) is 18.7 Å². The summed E-state index contributed by atoms with van der Waals surface area (Å²) in [4.78, 5) is 12.1. The van der Waals surface area contributed by atoms with Gasteiger partial charge in [0.15, 0.2) is 0 Å². The van der Waals surface area contributed by atoms with Crippen molar-refractivity contribution in [3.8, 4) is 0 Å². The lowest BCUT2D eigenvalue weighted by molar-refractivity contribution is -0.120. The third kappa shape index (κ3) is 4.25. The lowest BCUT2D eigenvalue weighted by Crippen LogP contribution is -2.37. The highest BCUT2D eigenvalue weighted by molar-refractivity contribution is 6.31. The number of hydrogen-bond donors (Lipinski definition) is 2. The summed E-state index contributed by atoms with van der Waals surface area (Å²) >= 11 is 6.24. The maximum Gasteiger partial charge on any atom is 0.224 e. The van der Waals surface area contributed by atoms with E-state index in [-0.39, 0.29) is 11.3 Å². The zero-order valence-corrected chi connectivity index (χ0v) is 13.7. The first-order valence-electron chi connectivity index (χ1n) is 7.24. The number of rotatable bonds is 5. The van der Waals surface area contributed by atoms with Crippen LogP contribution in [0.15, 0.2) is 48.5 Å². The number of nitrogens with two attached hydrogens (primary N) is 1. The molecule has 22 heavy (non-hydrogen) atoms. The molecule has 4 heteroatoms. The van der Waals surface area contributed by atoms with E-state index in [0.717, 1.165) is 16.1 Å². The van der Waals surface area contributed by atoms with Crippen LogP contribution < -0.4 is 11.1 Å². The lowest BCUT2D eigenvalue weighted by atomic mass is 9.84. The van der Waals surface area contributed by atoms with Crippen LogP contribution >= 0.6 is 11.6 Å². The molecule has 3 nitrogen and oxygen atoms in total. The Labute approximate surface area is 136 Å². The minimum absolute atomic E-state index is 0.00935. The number of hydrogen-bond acceptors (Lipinski definition) is 2. The fourth-order valence-corrected chi connectivity index (χ4v) is 2.70. The summed E-state index contributed by atoms with van der Waals surface area (Å²) in [6.07, 6.45) is 0.346. The van der Waals surface area contributed by atoms with E-state index in [1.54, 1.807) is 12.1 Å². The molecule has 1 amide bonds. The van der Waals surface area contributed by atoms with Gasteiger partial charge in [-0.1, -0.05) is 55.8 Å². The Morgan fingerprint density at radius 1 is 1.14 bits per heavy atom. The fraction of sp³-hybridized carbons (Fsp3) is 0.278. The van der Waals surface area contributed by atoms with Crippen LogP contribution in [0.2, 0.25) is 5.02 Å². The number of halogens is 1. The quantitative estimate of drug-likeness (QED) is 0.829. The van der Waals surface area contributed by atoms with Gasteiger partial charge < -0.3 is 11.1 Å². The van der Waals surface area contributed by atoms with Crippen LogP contribution in [0.1, 0.15) is 25.0 Å². The summed E-state index contributed by atoms with van der Waals surface area (Å²) in [5.41, 5.74) is 8.09. The summed E-state index contributed by atoms with van der Waals surface area (Å²) in [5, 5.41) is 3.71. The summed E-state index contributed by atoms with van der Waals surface area (Å²) in [5.74, 6) is -0.00935. The van der Waals surface area contributed by atoms with Gasteiger partial charge in [0, 0.05) is 22.7 Å². The number of anilines is 1. The molecule has 0 unspecified atom stereocenters. The zero-order chi connectivity index (χ0) is 16.2. The molecular weight excluding hydrogens is 296 g/mol. The maximum atomic E-state index is 12.1. The van der Waals surface area contributed by atoms with Gasteiger partial charge in [0.1, 0.15) is 0 Å². The van der Waals surface area contributed by atoms with Crippen molar-refractivity contribution in [3.63, 3.8) is 0 Å². The van der Waals surface area contributed by atoms with Crippen molar-refractivity contribution in [3.05, 3.63) is 64.7 Å². The lowest BCUT2D eigenvalue weighted by Gasteiger charge is -2.26. The molecule has 116 valence electrons. The summed E-state index contributed by atoms with van der Waals surface area (Å²) < 4.78 is 0. The van der Waals surface area contributed by atoms with Gasteiger partial charge in [0.2, 0.25) is 5.91 Å². The van der Waals surface area contributed by atoms with Gasteiger partial charge in [-0.15, -0.1) is 0 Å². The van der Waals surface area contributed by atoms with Crippen LogP contribution in [0.5, 0.6) is 0 Å². The van der Waals surface area contributed by atoms with Gasteiger partial charge in [-0.3, -0.25) is 4.79 Å². The number of carbonyl (C=O) groups excluding carboxylic acids is 1. The topological polar surface area (TPSA) is 55.1 Å². The molecule has 0 bridgehead atoms. The van der Waals surface area contributed by atoms with E-state index in [4.69, 9.17) is 17.3 Å². The van der Waals surface area contributed by atoms with Crippen molar-refractivity contribution in [1.29, 1.82) is 0 Å². The van der Waals surface area contributed by atoms with E-state index < -0.39 is 0 Å². The average molecular weight is 317 g/mol. The molecule has 0 spiro atoms. The summed E-state index contributed by atoms with van der Waals surface area (Å²) in [7, 11) is 0. The Bertz CT molecular complexity index is 650. The van der Waals surface area contributed by atoms with Gasteiger partial charge in [0.05, 0.1) is 6.42 Å². The van der Waals surface area contributed by atoms with Crippen molar-refractivity contribution in [2.75, 3.05) is 12.3 Å². The summed E-state index contributed by atoms with van der Waals surface area (Å²) in [6, 6.07) is 15.1. The number of benzene rings is 2. The first-order chi connectivity index (χ1) is 10.4. The fourth-order valence-electron chi connectivity index (χ4n) is 2.31. The van der Waals surface area contributed by atoms with E-state index in [9.17, 15) is 4.79 Å². The first kappa shape index (κ1) is 16.4. The van der Waals surface area contributed by atoms with Crippen LogP contribution in [-0.4, -0.2) is 12.5 Å². The normalized spacial score (nSPS) is 11.2. The van der Waals surface area contributed by atoms with Crippen molar-refractivity contribution >= 4 is 23.2 Å². The molecule has 0 saturated carbocycles. The number of carbonyl (C=O) groups is 1. The minimum Gasteiger partial charge on any atom is -0.399 e. The van der Waals surface area contributed by atoms with E-state index in [2.05, 4.69) is 19.2 Å². The SMILES string of the molecule is CC(C)(CNC(=O)Cc1ccc(N)cc1)c1ccccc1Cl. The predicted molar refractivity (Wildman–Crippen MR) is 92.0 cm³/mol. The molecule has 0 aromatic heterocycles. The third-order valence-corrected chi connectivity index (χ3v) is 4.00. The van der Waals surface area contributed by atoms with Crippen molar-refractivity contribution in [2.45, 2.75) is 25.7 Å². The molecule has 0 radical (unpaired) electrons. The highest BCUT2D eigenvalue weighted by atomic mass is 35.5. The summed E-state index contributed by atoms with van der Waals surface area (Å²) in [6.45, 7) is 4.67. The molecule has 2 rings (SSSR count). The maximum absolute atomic E-state index is 12.1. The van der Waals surface area contributed by atoms with Crippen LogP contribution in [-0.2, 0) is 16.6 Å². The van der Waals surface area contributed by atoms with Crippen LogP contribution in [0.4, 0.5) is 5.69 Å². The Kier molecular flexibility index (Phi) is 5.09. The smallest absolute Gasteiger partial charge is 0.224 e. The third-order valence-electron chi connectivity index (χ3n) is 3.67. The van der Waals surface area contributed by atoms with Gasteiger partial charge >= 0.3 is 0 Å². The standard InChI is InChI=1S/C18H21ClN2O/c1-18(2,15-5-3-4-6-16(15)19)12-21-17(22)11-13-7-9-14(20)10-8-13/h3-10H,11-12,20H2,1-2H3,(H,21,22). The van der Waals surface area contributed by atoms with Crippen LogP contribution in [0.3, 0.4) is 0 Å². The molecular formula is C18H21ClN2O. The van der Waals surface area contributed by atoms with E-state index in [1.165, 1.54) is 0 Å². The molecule has 0 aliphatic heterocycles. The average Bonchev–Trinajstić information content (AvgIpc) is 2.48. The second-order valence-corrected chi connectivity index (χ2v) is 6.47. The number of nitrogens with one attached hydrogen (secondary N) is 1. The second kappa shape index (κ2) is 6.84. The Hall–Kier alpha value is -2.00. The second-order valence-electron chi connectivity index (χ2n) is 6.06. The van der Waals surface area contributed by atoms with E-state index >= 15 is 0 Å². The minimum atomic E-state index is -0.227. The molecule has 0 atom stereocenters. The molecule has 2 aromatic rings. The Balaban J connectivity index is 1.95. The molecule has 3 N–H and O–H groups in total. The molecule has 2 aromatic carbocycles. The Morgan fingerprint density at radius 2 is 1.77 bits per heavy atom. The molecule has 0 aliphatic rings. The molecule has 0 aliphatic carbocycles. The highest BCUT2D eigenvalue weighted by Gasteiger charge is 2.23. The van der Waals surface area contributed by atoms with Gasteiger partial charge in [0.25, 0.3) is 0 Å². The van der Waals surface area contributed by atoms with Gasteiger partial charge in [-0.05, 0) is 29.3 Å². The first-order valence-corrected chi connectivity index (χ1v) is 7.62. The molecule has 0 fully saturated rings. The Morgan fingerprint density at radius 3 is 2.41 bits per heavy atom. The molecule has 0 saturated heterocycles. The number of nitrogen functional groups attached to an aromatic ring is 1. The zero-order valence-electron chi connectivity index (χ0n) is 12.9. The van der Waals surface area contributed by atoms with Crippen molar-refractivity contribution in [2.24, 2.45) is 0 Å². The van der Waals surface area contributed by atoms with Crippen molar-refractivity contribution in [1.82, 2.24) is 5.32 Å². The molecule has 0 heterocycles. The number of amides is 1. The van der Waals surface area contributed by atoms with Crippen LogP contribution in [0, 0.1) is 0 Å². The van der Waals surface area contributed by atoms with Gasteiger partial charge in [-0.25, -0.2) is 0 Å². The largest absolute Gasteiger partial charge is 0.399 e. The predicted octanol–water partition coefficient (Wildman–Crippen LogP) is 3.56. The van der Waals surface area contributed by atoms with Crippen LogP contribution in [0.25, 0.3) is 0 Å². The van der Waals surface area contributed by atoms with Crippen molar-refractivity contribution < 1.29 is 4.79 Å². The highest BCUT2D eigenvalue weighted by Crippen LogP contribution is 2.28. The van der Waals surface area contributed by atoms with Gasteiger partial charge in [-0.2, -0.15) is 0 Å².